The minimum Gasteiger partial charge on any atom is -0.489 e. The van der Waals surface area contributed by atoms with Gasteiger partial charge in [-0.1, -0.05) is 77.8 Å². The van der Waals surface area contributed by atoms with Gasteiger partial charge in [0.25, 0.3) is 0 Å². The van der Waals surface area contributed by atoms with Gasteiger partial charge in [0.15, 0.2) is 5.76 Å². The Bertz CT molecular complexity index is 2960. The molecule has 0 saturated heterocycles. The second kappa shape index (κ2) is 21.2. The van der Waals surface area contributed by atoms with Gasteiger partial charge in [0.1, 0.15) is 36.0 Å². The number of thioether (sulfide) groups is 1. The molecule has 4 N–H and O–H groups in total. The Morgan fingerprint density at radius 1 is 0.944 bits per heavy atom. The standard InChI is InChI=1S/C55H56ClF4N5O6S/c1-30-51(53(71-65-30)33-12-9-31(10-13-33)29-72-22-21-49(66)61-36-15-16-36)64-54(68)70-48(41-6-2-3-8-44(41)56)24-34-5-4-7-38(34)39-18-11-32(23-43(39)55(58,59)60)28-69-37-17-20-46-42(26-37)40-19-14-35(52(40)63-46)25-50(67)62-47-27-45(47)57/h2-3,6,8-13,17-18,20,23,26,34-36,38,45,47-48,63H,4-5,7,14-16,19,21-22,24-25,27-29H2,1H3,(H,61,66)(H,62,67)(H,64,68)/t34?,35-,38?,45+,47?,48?/m1/s1. The predicted octanol–water partition coefficient (Wildman–Crippen LogP) is 13.2. The smallest absolute Gasteiger partial charge is 0.416 e. The van der Waals surface area contributed by atoms with Crippen LogP contribution in [0.25, 0.3) is 22.2 Å². The van der Waals surface area contributed by atoms with Crippen LogP contribution >= 0.6 is 23.4 Å². The summed E-state index contributed by atoms with van der Waals surface area (Å²) in [5.74, 6) is 1.44. The minimum absolute atomic E-state index is 0.0134. The lowest BCUT2D eigenvalue weighted by atomic mass is 9.81. The summed E-state index contributed by atoms with van der Waals surface area (Å²) in [5.41, 5.74) is 5.83. The molecule has 3 fully saturated rings. The fraction of sp³-hybridized carbons (Fsp3) is 0.418. The number of nitrogens with zero attached hydrogens (tertiary/aromatic N) is 1. The van der Waals surface area contributed by atoms with Crippen molar-refractivity contribution in [2.75, 3.05) is 11.1 Å². The summed E-state index contributed by atoms with van der Waals surface area (Å²) in [6.45, 7) is 1.61. The molecule has 3 amide bonds. The van der Waals surface area contributed by atoms with Gasteiger partial charge in [0.2, 0.25) is 11.8 Å². The van der Waals surface area contributed by atoms with Crippen LogP contribution in [-0.4, -0.2) is 52.1 Å². The number of hydrogen-bond acceptors (Lipinski definition) is 8. The Morgan fingerprint density at radius 2 is 1.74 bits per heavy atom. The molecule has 72 heavy (non-hydrogen) atoms. The number of H-pyrrole nitrogens is 1. The highest BCUT2D eigenvalue weighted by Gasteiger charge is 2.41. The SMILES string of the molecule is Cc1noc(-c2ccc(CSCCC(=O)NC3CC3)cc2)c1NC(=O)OC(CC1CCCC1c1ccc(COc2ccc3[nH]c4c(c3c2)CC[C@@H]4CC(=O)NC2C[C@@H]2F)cc1C(F)(F)F)c1ccccc1Cl. The third-order valence-electron chi connectivity index (χ3n) is 14.4. The van der Waals surface area contributed by atoms with Crippen molar-refractivity contribution in [1.82, 2.24) is 20.8 Å². The van der Waals surface area contributed by atoms with E-state index in [-0.39, 0.29) is 54.7 Å². The lowest BCUT2D eigenvalue weighted by Crippen LogP contribution is -2.28. The Balaban J connectivity index is 0.798. The van der Waals surface area contributed by atoms with Crippen LogP contribution in [0.4, 0.5) is 28.0 Å². The number of amides is 3. The molecule has 0 bridgehead atoms. The normalized spacial score (nSPS) is 20.8. The monoisotopic (exact) mass is 1030 g/mol. The summed E-state index contributed by atoms with van der Waals surface area (Å²) >= 11 is 8.40. The molecule has 11 nitrogen and oxygen atoms in total. The summed E-state index contributed by atoms with van der Waals surface area (Å²) in [4.78, 5) is 42.0. The van der Waals surface area contributed by atoms with Gasteiger partial charge in [-0.2, -0.15) is 24.9 Å². The first kappa shape index (κ1) is 49.6. The van der Waals surface area contributed by atoms with Gasteiger partial charge in [0.05, 0.1) is 11.6 Å². The molecule has 0 spiro atoms. The Morgan fingerprint density at radius 3 is 2.50 bits per heavy atom. The van der Waals surface area contributed by atoms with E-state index < -0.39 is 36.0 Å². The Kier molecular flexibility index (Phi) is 14.6. The maximum Gasteiger partial charge on any atom is 0.416 e. The number of halogens is 5. The largest absolute Gasteiger partial charge is 0.489 e. The van der Waals surface area contributed by atoms with Gasteiger partial charge >= 0.3 is 12.3 Å². The number of carbonyl (C=O) groups excluding carboxylic acids is 3. The third kappa shape index (κ3) is 11.6. The number of alkyl halides is 4. The summed E-state index contributed by atoms with van der Waals surface area (Å²) in [6, 6.07) is 24.6. The highest BCUT2D eigenvalue weighted by atomic mass is 35.5. The molecule has 3 saturated carbocycles. The molecule has 0 aliphatic heterocycles. The first-order valence-corrected chi connectivity index (χ1v) is 26.3. The summed E-state index contributed by atoms with van der Waals surface area (Å²) < 4.78 is 76.6. The lowest BCUT2D eigenvalue weighted by molar-refractivity contribution is -0.138. The molecule has 10 rings (SSSR count). The van der Waals surface area contributed by atoms with Crippen molar-refractivity contribution in [3.63, 3.8) is 0 Å². The Hall–Kier alpha value is -6.00. The molecule has 4 unspecified atom stereocenters. The number of anilines is 1. The van der Waals surface area contributed by atoms with Crippen molar-refractivity contribution in [3.05, 3.63) is 135 Å². The summed E-state index contributed by atoms with van der Waals surface area (Å²) in [5, 5.41) is 14.0. The van der Waals surface area contributed by atoms with Gasteiger partial charge in [-0.3, -0.25) is 14.9 Å². The van der Waals surface area contributed by atoms with Crippen molar-refractivity contribution in [2.24, 2.45) is 5.92 Å². The van der Waals surface area contributed by atoms with Crippen LogP contribution in [0.5, 0.6) is 5.75 Å². The molecule has 4 aliphatic carbocycles. The van der Waals surface area contributed by atoms with Crippen molar-refractivity contribution in [3.8, 4) is 17.1 Å². The number of carbonyl (C=O) groups is 3. The van der Waals surface area contributed by atoms with E-state index >= 15 is 13.2 Å². The van der Waals surface area contributed by atoms with Crippen LogP contribution < -0.4 is 20.7 Å². The van der Waals surface area contributed by atoms with Crippen molar-refractivity contribution in [1.29, 1.82) is 0 Å². The van der Waals surface area contributed by atoms with E-state index in [0.29, 0.717) is 88.5 Å². The van der Waals surface area contributed by atoms with Crippen molar-refractivity contribution in [2.45, 2.75) is 132 Å². The molecule has 4 aromatic carbocycles. The number of aryl methyl sites for hydroxylation is 2. The van der Waals surface area contributed by atoms with Crippen molar-refractivity contribution >= 4 is 57.9 Å². The van der Waals surface area contributed by atoms with Crippen LogP contribution in [0, 0.1) is 12.8 Å². The molecule has 6 aromatic rings. The first-order chi connectivity index (χ1) is 34.7. The zero-order valence-electron chi connectivity index (χ0n) is 39.7. The van der Waals surface area contributed by atoms with E-state index in [0.717, 1.165) is 59.2 Å². The zero-order valence-corrected chi connectivity index (χ0v) is 41.3. The topological polar surface area (TPSA) is 148 Å². The zero-order chi connectivity index (χ0) is 50.1. The van der Waals surface area contributed by atoms with Crippen LogP contribution in [0.3, 0.4) is 0 Å². The second-order valence-corrected chi connectivity index (χ2v) is 21.2. The van der Waals surface area contributed by atoms with Crippen LogP contribution in [0.1, 0.15) is 127 Å². The van der Waals surface area contributed by atoms with Gasteiger partial charge in [-0.25, -0.2) is 9.18 Å². The summed E-state index contributed by atoms with van der Waals surface area (Å²) in [6.07, 6.45) is -0.475. The fourth-order valence-electron chi connectivity index (χ4n) is 10.4. The second-order valence-electron chi connectivity index (χ2n) is 19.7. The molecule has 2 heterocycles. The van der Waals surface area contributed by atoms with E-state index in [4.69, 9.17) is 25.6 Å². The van der Waals surface area contributed by atoms with Gasteiger partial charge in [-0.15, -0.1) is 0 Å². The lowest BCUT2D eigenvalue weighted by Gasteiger charge is -2.28. The van der Waals surface area contributed by atoms with Gasteiger partial charge in [0, 0.05) is 75.5 Å². The van der Waals surface area contributed by atoms with E-state index in [9.17, 15) is 18.8 Å². The Labute approximate surface area is 423 Å². The molecular formula is C55H56ClF4N5O6S. The highest BCUT2D eigenvalue weighted by Crippen LogP contribution is 2.49. The van der Waals surface area contributed by atoms with Gasteiger partial charge in [-0.05, 0) is 116 Å². The number of aromatic amines is 1. The highest BCUT2D eigenvalue weighted by molar-refractivity contribution is 7.98. The van der Waals surface area contributed by atoms with Crippen LogP contribution in [0.2, 0.25) is 5.02 Å². The number of benzene rings is 4. The first-order valence-electron chi connectivity index (χ1n) is 24.8. The maximum absolute atomic E-state index is 15.1. The predicted molar refractivity (Wildman–Crippen MR) is 269 cm³/mol. The van der Waals surface area contributed by atoms with E-state index in [1.54, 1.807) is 61.2 Å². The van der Waals surface area contributed by atoms with Gasteiger partial charge < -0.3 is 29.6 Å². The number of ether oxygens (including phenoxy) is 2. The fourth-order valence-corrected chi connectivity index (χ4v) is 11.6. The van der Waals surface area contributed by atoms with E-state index in [2.05, 4.69) is 26.1 Å². The average molecular weight is 1030 g/mol. The quantitative estimate of drug-likeness (QED) is 0.0463. The average Bonchev–Trinajstić information content (AvgIpc) is 4.05. The third-order valence-corrected chi connectivity index (χ3v) is 15.8. The van der Waals surface area contributed by atoms with Crippen molar-refractivity contribution < 1.29 is 45.9 Å². The number of hydrogen-bond donors (Lipinski definition) is 4. The van der Waals surface area contributed by atoms with E-state index in [1.165, 1.54) is 6.07 Å². The molecule has 0 radical (unpaired) electrons. The molecular weight excluding hydrogens is 970 g/mol. The molecule has 6 atom stereocenters. The van der Waals surface area contributed by atoms with Crippen LogP contribution in [-0.2, 0) is 39.3 Å². The molecule has 17 heteroatoms. The number of aromatic nitrogens is 2. The maximum atomic E-state index is 15.1. The van der Waals surface area contributed by atoms with E-state index in [1.807, 2.05) is 36.4 Å². The number of nitrogens with one attached hydrogen (secondary N) is 4. The number of fused-ring (bicyclic) bond motifs is 3. The number of rotatable bonds is 19. The van der Waals surface area contributed by atoms with Crippen LogP contribution in [0.15, 0.2) is 89.5 Å². The molecule has 4 aliphatic rings. The summed E-state index contributed by atoms with van der Waals surface area (Å²) in [7, 11) is 0. The minimum atomic E-state index is -4.65. The molecule has 2 aromatic heterocycles. The molecule has 378 valence electrons.